The average Bonchev–Trinajstić information content (AvgIpc) is 2.77. The second-order valence-corrected chi connectivity index (χ2v) is 6.68. The van der Waals surface area contributed by atoms with Crippen LogP contribution in [0.1, 0.15) is 31.8 Å². The molecule has 0 bridgehead atoms. The first-order valence-electron chi connectivity index (χ1n) is 9.42. The van der Waals surface area contributed by atoms with Gasteiger partial charge in [0.2, 0.25) is 0 Å². The molecule has 5 nitrogen and oxygen atoms in total. The summed E-state index contributed by atoms with van der Waals surface area (Å²) >= 11 is 0. The Morgan fingerprint density at radius 1 is 0.867 bits per heavy atom. The topological polar surface area (TPSA) is 72.5 Å². The summed E-state index contributed by atoms with van der Waals surface area (Å²) in [5.41, 5.74) is 3.47. The van der Waals surface area contributed by atoms with Gasteiger partial charge in [-0.05, 0) is 55.0 Å². The fourth-order valence-electron chi connectivity index (χ4n) is 2.74. The van der Waals surface area contributed by atoms with Crippen molar-refractivity contribution >= 4 is 29.4 Å². The average molecular weight is 399 g/mol. The molecule has 0 saturated heterocycles. The summed E-state index contributed by atoms with van der Waals surface area (Å²) in [6.45, 7) is 1.61. The predicted octanol–water partition coefficient (Wildman–Crippen LogP) is 4.69. The third-order valence-electron chi connectivity index (χ3n) is 4.30. The molecule has 150 valence electrons. The first-order chi connectivity index (χ1) is 14.5. The molecule has 30 heavy (non-hydrogen) atoms. The maximum absolute atomic E-state index is 12.2. The van der Waals surface area contributed by atoms with E-state index in [9.17, 15) is 14.4 Å². The number of hydrogen-bond donors (Lipinski definition) is 1. The van der Waals surface area contributed by atoms with Gasteiger partial charge in [-0.1, -0.05) is 48.0 Å². The van der Waals surface area contributed by atoms with Gasteiger partial charge in [0.1, 0.15) is 0 Å². The Kier molecular flexibility index (Phi) is 6.90. The smallest absolute Gasteiger partial charge is 0.331 e. The predicted molar refractivity (Wildman–Crippen MR) is 116 cm³/mol. The highest BCUT2D eigenvalue weighted by Crippen LogP contribution is 2.12. The van der Waals surface area contributed by atoms with Crippen LogP contribution in [0.25, 0.3) is 6.08 Å². The van der Waals surface area contributed by atoms with Gasteiger partial charge in [-0.2, -0.15) is 0 Å². The van der Waals surface area contributed by atoms with Gasteiger partial charge in [0, 0.05) is 22.9 Å². The highest BCUT2D eigenvalue weighted by molar-refractivity contribution is 6.04. The lowest BCUT2D eigenvalue weighted by Gasteiger charge is -2.06. The lowest BCUT2D eigenvalue weighted by atomic mass is 10.1. The molecule has 0 aliphatic heterocycles. The van der Waals surface area contributed by atoms with Crippen LogP contribution in [0.15, 0.2) is 84.9 Å². The van der Waals surface area contributed by atoms with E-state index in [-0.39, 0.29) is 18.3 Å². The van der Waals surface area contributed by atoms with E-state index in [1.54, 1.807) is 54.6 Å². The van der Waals surface area contributed by atoms with E-state index in [0.717, 1.165) is 11.1 Å². The highest BCUT2D eigenvalue weighted by atomic mass is 16.5. The molecule has 1 amide bonds. The SMILES string of the molecule is Cc1cccc(/C=C/C(=O)OCC(=O)c2ccc(NC(=O)c3ccccc3)cc2)c1. The van der Waals surface area contributed by atoms with Gasteiger partial charge in [-0.15, -0.1) is 0 Å². The van der Waals surface area contributed by atoms with Gasteiger partial charge in [0.25, 0.3) is 5.91 Å². The molecule has 3 aromatic carbocycles. The Bertz CT molecular complexity index is 1070. The Labute approximate surface area is 175 Å². The fraction of sp³-hybridized carbons (Fsp3) is 0.0800. The van der Waals surface area contributed by atoms with E-state index in [0.29, 0.717) is 16.8 Å². The second kappa shape index (κ2) is 9.98. The van der Waals surface area contributed by atoms with Gasteiger partial charge in [0.05, 0.1) is 0 Å². The lowest BCUT2D eigenvalue weighted by Crippen LogP contribution is -2.13. The van der Waals surface area contributed by atoms with E-state index < -0.39 is 5.97 Å². The summed E-state index contributed by atoms with van der Waals surface area (Å²) in [6, 6.07) is 22.9. The van der Waals surface area contributed by atoms with Gasteiger partial charge in [-0.3, -0.25) is 9.59 Å². The fourth-order valence-corrected chi connectivity index (χ4v) is 2.74. The molecule has 0 aliphatic rings. The molecule has 1 N–H and O–H groups in total. The molecular formula is C25H21NO4. The molecule has 0 spiro atoms. The summed E-state index contributed by atoms with van der Waals surface area (Å²) in [5.74, 6) is -1.14. The van der Waals surface area contributed by atoms with Gasteiger partial charge >= 0.3 is 5.97 Å². The number of rotatable bonds is 7. The summed E-state index contributed by atoms with van der Waals surface area (Å²) in [5, 5.41) is 2.77. The van der Waals surface area contributed by atoms with Crippen molar-refractivity contribution in [2.75, 3.05) is 11.9 Å². The van der Waals surface area contributed by atoms with Gasteiger partial charge < -0.3 is 10.1 Å². The number of ketones is 1. The monoisotopic (exact) mass is 399 g/mol. The normalized spacial score (nSPS) is 10.6. The number of amides is 1. The molecule has 3 rings (SSSR count). The molecule has 3 aromatic rings. The maximum atomic E-state index is 12.2. The number of esters is 1. The number of nitrogens with one attached hydrogen (secondary N) is 1. The van der Waals surface area contributed by atoms with Crippen LogP contribution in [0.3, 0.4) is 0 Å². The Balaban J connectivity index is 1.50. The Morgan fingerprint density at radius 2 is 1.60 bits per heavy atom. The van der Waals surface area contributed by atoms with Crippen molar-refractivity contribution in [3.8, 4) is 0 Å². The summed E-state index contributed by atoms with van der Waals surface area (Å²) < 4.78 is 5.02. The van der Waals surface area contributed by atoms with Crippen LogP contribution in [0.5, 0.6) is 0 Å². The van der Waals surface area contributed by atoms with Crippen LogP contribution in [0.4, 0.5) is 5.69 Å². The first-order valence-corrected chi connectivity index (χ1v) is 9.42. The number of benzene rings is 3. The quantitative estimate of drug-likeness (QED) is 0.355. The van der Waals surface area contributed by atoms with E-state index in [1.807, 2.05) is 37.3 Å². The number of carbonyl (C=O) groups excluding carboxylic acids is 3. The third kappa shape index (κ3) is 6.01. The standard InChI is InChI=1S/C25H21NO4/c1-18-6-5-7-19(16-18)10-15-24(28)30-17-23(27)20-11-13-22(14-12-20)26-25(29)21-8-3-2-4-9-21/h2-16H,17H2,1H3,(H,26,29)/b15-10+. The largest absolute Gasteiger partial charge is 0.454 e. The Hall–Kier alpha value is -3.99. The maximum Gasteiger partial charge on any atom is 0.331 e. The molecule has 0 unspecified atom stereocenters. The van der Waals surface area contributed by atoms with E-state index in [1.165, 1.54) is 6.08 Å². The minimum Gasteiger partial charge on any atom is -0.454 e. The number of ether oxygens (including phenoxy) is 1. The van der Waals surface area contributed by atoms with Crippen LogP contribution in [0, 0.1) is 6.92 Å². The summed E-state index contributed by atoms with van der Waals surface area (Å²) in [4.78, 5) is 36.2. The third-order valence-corrected chi connectivity index (χ3v) is 4.30. The van der Waals surface area contributed by atoms with Gasteiger partial charge in [0.15, 0.2) is 12.4 Å². The number of aryl methyl sites for hydroxylation is 1. The number of Topliss-reactive ketones (excluding diaryl/α,β-unsaturated/α-hetero) is 1. The van der Waals surface area contributed by atoms with E-state index in [4.69, 9.17) is 4.74 Å². The first kappa shape index (κ1) is 20.7. The number of carbonyl (C=O) groups is 3. The molecule has 5 heteroatoms. The van der Waals surface area contributed by atoms with Crippen LogP contribution < -0.4 is 5.32 Å². The number of anilines is 1. The zero-order valence-corrected chi connectivity index (χ0v) is 16.5. The second-order valence-electron chi connectivity index (χ2n) is 6.68. The zero-order chi connectivity index (χ0) is 21.3. The van der Waals surface area contributed by atoms with Crippen LogP contribution in [-0.2, 0) is 9.53 Å². The minimum absolute atomic E-state index is 0.232. The van der Waals surface area contributed by atoms with Crippen molar-refractivity contribution < 1.29 is 19.1 Å². The van der Waals surface area contributed by atoms with Crippen molar-refractivity contribution in [3.63, 3.8) is 0 Å². The molecule has 0 aliphatic carbocycles. The summed E-state index contributed by atoms with van der Waals surface area (Å²) in [6.07, 6.45) is 2.94. The minimum atomic E-state index is -0.586. The van der Waals surface area contributed by atoms with E-state index >= 15 is 0 Å². The lowest BCUT2D eigenvalue weighted by molar-refractivity contribution is -0.136. The molecule has 0 saturated carbocycles. The van der Waals surface area contributed by atoms with Crippen molar-refractivity contribution in [1.82, 2.24) is 0 Å². The molecule has 0 heterocycles. The van der Waals surface area contributed by atoms with Gasteiger partial charge in [-0.25, -0.2) is 4.79 Å². The van der Waals surface area contributed by atoms with E-state index in [2.05, 4.69) is 5.32 Å². The molecule has 0 radical (unpaired) electrons. The van der Waals surface area contributed by atoms with Crippen molar-refractivity contribution in [2.24, 2.45) is 0 Å². The molecule has 0 atom stereocenters. The molecule has 0 fully saturated rings. The molecular weight excluding hydrogens is 378 g/mol. The van der Waals surface area contributed by atoms with Crippen LogP contribution >= 0.6 is 0 Å². The van der Waals surface area contributed by atoms with Crippen molar-refractivity contribution in [2.45, 2.75) is 6.92 Å². The highest BCUT2D eigenvalue weighted by Gasteiger charge is 2.10. The Morgan fingerprint density at radius 3 is 2.30 bits per heavy atom. The summed E-state index contributed by atoms with van der Waals surface area (Å²) in [7, 11) is 0. The zero-order valence-electron chi connectivity index (χ0n) is 16.5. The van der Waals surface area contributed by atoms with Crippen molar-refractivity contribution in [3.05, 3.63) is 107 Å². The van der Waals surface area contributed by atoms with Crippen LogP contribution in [-0.4, -0.2) is 24.3 Å². The van der Waals surface area contributed by atoms with Crippen molar-refractivity contribution in [1.29, 1.82) is 0 Å². The number of hydrogen-bond acceptors (Lipinski definition) is 4. The molecule has 0 aromatic heterocycles. The van der Waals surface area contributed by atoms with Crippen LogP contribution in [0.2, 0.25) is 0 Å².